The van der Waals surface area contributed by atoms with Gasteiger partial charge in [-0.05, 0) is 12.8 Å². The lowest BCUT2D eigenvalue weighted by Crippen LogP contribution is -2.41. The number of aliphatic imine (C=N–C) groups is 1. The number of carbonyl (C=O) groups excluding carboxylic acids is 1. The molecule has 2 unspecified atom stereocenters. The van der Waals surface area contributed by atoms with Gasteiger partial charge in [-0.3, -0.25) is 9.79 Å². The van der Waals surface area contributed by atoms with E-state index >= 15 is 0 Å². The van der Waals surface area contributed by atoms with Crippen LogP contribution in [0.1, 0.15) is 13.8 Å². The molecule has 0 aliphatic carbocycles. The van der Waals surface area contributed by atoms with Crippen LogP contribution in [0.5, 0.6) is 0 Å². The maximum absolute atomic E-state index is 10.5. The third kappa shape index (κ3) is 3.26. The highest BCUT2D eigenvalue weighted by Gasteiger charge is 2.20. The smallest absolute Gasteiger partial charge is 0.239 e. The monoisotopic (exact) mass is 201 g/mol. The van der Waals surface area contributed by atoms with Crippen molar-refractivity contribution in [1.82, 2.24) is 5.32 Å². The number of carbonyl (C=O) groups is 1. The van der Waals surface area contributed by atoms with Crippen LogP contribution in [0.3, 0.4) is 0 Å². The first kappa shape index (κ1) is 10.4. The van der Waals surface area contributed by atoms with Gasteiger partial charge in [-0.15, -0.1) is 0 Å². The number of amides is 1. The molecule has 1 saturated heterocycles. The Balaban J connectivity index is 2.45. The zero-order valence-corrected chi connectivity index (χ0v) is 8.73. The minimum absolute atomic E-state index is 0.0798. The van der Waals surface area contributed by atoms with Gasteiger partial charge >= 0.3 is 0 Å². The molecule has 0 aromatic rings. The normalized spacial score (nSPS) is 31.4. The number of hydrogen-bond acceptors (Lipinski definition) is 3. The van der Waals surface area contributed by atoms with Crippen molar-refractivity contribution < 1.29 is 4.79 Å². The number of rotatable bonds is 2. The van der Waals surface area contributed by atoms with Crippen LogP contribution >= 0.6 is 11.8 Å². The second-order valence-electron chi connectivity index (χ2n) is 3.31. The van der Waals surface area contributed by atoms with E-state index in [2.05, 4.69) is 24.2 Å². The molecule has 0 aromatic heterocycles. The van der Waals surface area contributed by atoms with Crippen LogP contribution < -0.4 is 11.1 Å². The van der Waals surface area contributed by atoms with Gasteiger partial charge in [0.15, 0.2) is 5.17 Å². The van der Waals surface area contributed by atoms with Gasteiger partial charge < -0.3 is 11.1 Å². The quantitative estimate of drug-likeness (QED) is 0.670. The van der Waals surface area contributed by atoms with E-state index in [9.17, 15) is 4.79 Å². The number of primary amides is 1. The summed E-state index contributed by atoms with van der Waals surface area (Å²) in [7, 11) is 0. The summed E-state index contributed by atoms with van der Waals surface area (Å²) in [5.41, 5.74) is 4.99. The molecule has 1 heterocycles. The molecule has 0 aromatic carbocycles. The summed E-state index contributed by atoms with van der Waals surface area (Å²) in [6.45, 7) is 4.39. The second-order valence-corrected chi connectivity index (χ2v) is 4.32. The minimum Gasteiger partial charge on any atom is -0.368 e. The van der Waals surface area contributed by atoms with Crippen LogP contribution in [0.15, 0.2) is 4.99 Å². The van der Waals surface area contributed by atoms with Crippen LogP contribution in [0, 0.1) is 5.92 Å². The Hall–Kier alpha value is -0.710. The molecule has 3 N–H and O–H groups in total. The first-order valence-corrected chi connectivity index (χ1v) is 5.30. The maximum Gasteiger partial charge on any atom is 0.239 e. The van der Waals surface area contributed by atoms with Gasteiger partial charge in [-0.2, -0.15) is 0 Å². The number of amidine groups is 1. The number of thioether (sulfide) groups is 1. The summed E-state index contributed by atoms with van der Waals surface area (Å²) >= 11 is 1.65. The maximum atomic E-state index is 10.5. The van der Waals surface area contributed by atoms with Crippen molar-refractivity contribution in [3.63, 3.8) is 0 Å². The summed E-state index contributed by atoms with van der Waals surface area (Å²) in [6, 6.07) is 0.424. The predicted molar refractivity (Wildman–Crippen MR) is 55.7 cm³/mol. The Labute approximate surface area is 82.4 Å². The van der Waals surface area contributed by atoms with Crippen molar-refractivity contribution in [3.8, 4) is 0 Å². The van der Waals surface area contributed by atoms with E-state index in [0.29, 0.717) is 12.0 Å². The molecule has 0 saturated carbocycles. The molecule has 4 nitrogen and oxygen atoms in total. The average Bonchev–Trinajstić information content (AvgIpc) is 2.07. The highest BCUT2D eigenvalue weighted by atomic mass is 32.2. The molecule has 13 heavy (non-hydrogen) atoms. The summed E-state index contributed by atoms with van der Waals surface area (Å²) in [5.74, 6) is 1.30. The summed E-state index contributed by atoms with van der Waals surface area (Å²) in [6.07, 6.45) is 0. The molecule has 1 fully saturated rings. The fourth-order valence-corrected chi connectivity index (χ4v) is 2.11. The second kappa shape index (κ2) is 4.50. The Morgan fingerprint density at radius 3 is 3.00 bits per heavy atom. The van der Waals surface area contributed by atoms with Gasteiger partial charge in [0.2, 0.25) is 5.91 Å². The van der Waals surface area contributed by atoms with Crippen LogP contribution in [-0.2, 0) is 4.79 Å². The highest BCUT2D eigenvalue weighted by molar-refractivity contribution is 8.13. The lowest BCUT2D eigenvalue weighted by atomic mass is 10.1. The Kier molecular flexibility index (Phi) is 3.59. The number of hydrogen-bond donors (Lipinski definition) is 2. The molecule has 1 aliphatic rings. The zero-order valence-electron chi connectivity index (χ0n) is 7.91. The number of nitrogens with one attached hydrogen (secondary N) is 1. The van der Waals surface area contributed by atoms with E-state index in [1.54, 1.807) is 11.8 Å². The van der Waals surface area contributed by atoms with E-state index in [4.69, 9.17) is 5.73 Å². The third-order valence-electron chi connectivity index (χ3n) is 2.07. The molecule has 74 valence electrons. The molecular formula is C8H15N3OS. The Bertz CT molecular complexity index is 229. The molecule has 2 atom stereocenters. The van der Waals surface area contributed by atoms with Crippen molar-refractivity contribution in [1.29, 1.82) is 0 Å². The third-order valence-corrected chi connectivity index (χ3v) is 3.28. The topological polar surface area (TPSA) is 67.5 Å². The van der Waals surface area contributed by atoms with Gasteiger partial charge in [-0.1, -0.05) is 18.7 Å². The largest absolute Gasteiger partial charge is 0.368 e. The lowest BCUT2D eigenvalue weighted by Gasteiger charge is -2.28. The number of nitrogens with zero attached hydrogens (tertiary/aromatic N) is 1. The number of nitrogens with two attached hydrogens (primary N) is 1. The van der Waals surface area contributed by atoms with Crippen molar-refractivity contribution in [3.05, 3.63) is 0 Å². The Morgan fingerprint density at radius 1 is 1.77 bits per heavy atom. The van der Waals surface area contributed by atoms with Crippen molar-refractivity contribution in [2.45, 2.75) is 19.9 Å². The van der Waals surface area contributed by atoms with Gasteiger partial charge in [0.25, 0.3) is 0 Å². The molecule has 0 radical (unpaired) electrons. The lowest BCUT2D eigenvalue weighted by molar-refractivity contribution is -0.116. The zero-order chi connectivity index (χ0) is 9.84. The first-order chi connectivity index (χ1) is 6.09. The molecular weight excluding hydrogens is 186 g/mol. The SMILES string of the molecule is CC1CSC(=NCC(N)=O)NC1C. The molecule has 1 aliphatic heterocycles. The first-order valence-electron chi connectivity index (χ1n) is 4.31. The van der Waals surface area contributed by atoms with Crippen LogP contribution in [0.25, 0.3) is 0 Å². The van der Waals surface area contributed by atoms with Crippen LogP contribution in [0.4, 0.5) is 0 Å². The van der Waals surface area contributed by atoms with E-state index < -0.39 is 0 Å². The molecule has 0 spiro atoms. The van der Waals surface area contributed by atoms with Gasteiger partial charge in [-0.25, -0.2) is 0 Å². The minimum atomic E-state index is -0.388. The van der Waals surface area contributed by atoms with Crippen LogP contribution in [0.2, 0.25) is 0 Å². The summed E-state index contributed by atoms with van der Waals surface area (Å²) < 4.78 is 0. The molecule has 5 heteroatoms. The van der Waals surface area contributed by atoms with E-state index in [1.165, 1.54) is 0 Å². The van der Waals surface area contributed by atoms with E-state index in [1.807, 2.05) is 0 Å². The molecule has 1 rings (SSSR count). The standard InChI is InChI=1S/C8H15N3OS/c1-5-4-13-8(11-6(5)2)10-3-7(9)12/h5-6H,3-4H2,1-2H3,(H2,9,12)(H,10,11). The van der Waals surface area contributed by atoms with Crippen molar-refractivity contribution in [2.24, 2.45) is 16.6 Å². The van der Waals surface area contributed by atoms with E-state index in [-0.39, 0.29) is 12.5 Å². The highest BCUT2D eigenvalue weighted by Crippen LogP contribution is 2.18. The predicted octanol–water partition coefficient (Wildman–Crippen LogP) is 0.189. The average molecular weight is 201 g/mol. The van der Waals surface area contributed by atoms with Gasteiger partial charge in [0.05, 0.1) is 0 Å². The fourth-order valence-electron chi connectivity index (χ4n) is 0.974. The van der Waals surface area contributed by atoms with Gasteiger partial charge in [0.1, 0.15) is 6.54 Å². The Morgan fingerprint density at radius 2 is 2.46 bits per heavy atom. The summed E-state index contributed by atoms with van der Waals surface area (Å²) in [5, 5.41) is 4.06. The van der Waals surface area contributed by atoms with Gasteiger partial charge in [0, 0.05) is 11.8 Å². The van der Waals surface area contributed by atoms with Crippen molar-refractivity contribution >= 4 is 22.8 Å². The molecule has 1 amide bonds. The van der Waals surface area contributed by atoms with Crippen LogP contribution in [-0.4, -0.2) is 29.4 Å². The van der Waals surface area contributed by atoms with Crippen molar-refractivity contribution in [2.75, 3.05) is 12.3 Å². The van der Waals surface area contributed by atoms with E-state index in [0.717, 1.165) is 10.9 Å². The fraction of sp³-hybridized carbons (Fsp3) is 0.750. The summed E-state index contributed by atoms with van der Waals surface area (Å²) in [4.78, 5) is 14.5. The molecule has 0 bridgehead atoms.